The van der Waals surface area contributed by atoms with Crippen LogP contribution in [-0.2, 0) is 35.2 Å². The van der Waals surface area contributed by atoms with Crippen molar-refractivity contribution >= 4 is 17.9 Å². The molecule has 8 N–H and O–H groups in total. The average molecular weight is 354 g/mol. The van der Waals surface area contributed by atoms with Gasteiger partial charge in [-0.3, -0.25) is 16.3 Å². The van der Waals surface area contributed by atoms with Crippen LogP contribution in [0.1, 0.15) is 18.9 Å². The number of benzene rings is 1. The van der Waals surface area contributed by atoms with Crippen molar-refractivity contribution in [3.63, 3.8) is 0 Å². The number of hydrogen-bond acceptors (Lipinski definition) is 10. The number of rotatable bonds is 8. The zero-order valence-corrected chi connectivity index (χ0v) is 13.8. The smallest absolute Gasteiger partial charge is 0.344 e. The van der Waals surface area contributed by atoms with Crippen LogP contribution >= 0.6 is 0 Å². The van der Waals surface area contributed by atoms with E-state index in [9.17, 15) is 14.4 Å². The van der Waals surface area contributed by atoms with Crippen molar-refractivity contribution < 1.29 is 28.6 Å². The van der Waals surface area contributed by atoms with Gasteiger partial charge in [-0.05, 0) is 5.56 Å². The SMILES string of the molecule is CC(=O)OC(N)(N)CC(N)(N)C(=O)OCC(=O)OCc1ccccc1. The zero-order chi connectivity index (χ0) is 19.1. The largest absolute Gasteiger partial charge is 0.458 e. The molecule has 0 heterocycles. The summed E-state index contributed by atoms with van der Waals surface area (Å²) in [5, 5.41) is 0. The van der Waals surface area contributed by atoms with Crippen LogP contribution in [-0.4, -0.2) is 36.0 Å². The van der Waals surface area contributed by atoms with E-state index in [0.717, 1.165) is 12.5 Å². The molecular formula is C15H22N4O6. The second-order valence-corrected chi connectivity index (χ2v) is 5.49. The van der Waals surface area contributed by atoms with E-state index in [-0.39, 0.29) is 6.61 Å². The van der Waals surface area contributed by atoms with E-state index in [2.05, 4.69) is 4.74 Å². The lowest BCUT2D eigenvalue weighted by molar-refractivity contribution is -0.168. The van der Waals surface area contributed by atoms with Gasteiger partial charge in [-0.25, -0.2) is 9.59 Å². The minimum atomic E-state index is -2.17. The monoisotopic (exact) mass is 354 g/mol. The molecule has 0 atom stereocenters. The van der Waals surface area contributed by atoms with Crippen LogP contribution in [0.4, 0.5) is 0 Å². The Morgan fingerprint density at radius 3 is 2.16 bits per heavy atom. The third-order valence-corrected chi connectivity index (χ3v) is 2.85. The fraction of sp³-hybridized carbons (Fsp3) is 0.400. The normalized spacial score (nSPS) is 11.6. The first-order valence-electron chi connectivity index (χ1n) is 7.24. The molecule has 0 aliphatic rings. The standard InChI is InChI=1S/C15H22N4O6/c1-10(20)25-15(18,19)9-14(16,17)13(22)24-8-12(21)23-7-11-5-3-2-4-6-11/h2-6H,7-9,16-19H2,1H3. The number of carbonyl (C=O) groups is 3. The van der Waals surface area contributed by atoms with Crippen LogP contribution < -0.4 is 22.9 Å². The predicted molar refractivity (Wildman–Crippen MR) is 85.8 cm³/mol. The van der Waals surface area contributed by atoms with E-state index < -0.39 is 42.4 Å². The molecule has 0 fully saturated rings. The predicted octanol–water partition coefficient (Wildman–Crippen LogP) is -1.59. The highest BCUT2D eigenvalue weighted by atomic mass is 16.6. The van der Waals surface area contributed by atoms with Gasteiger partial charge in [0.05, 0.1) is 6.42 Å². The van der Waals surface area contributed by atoms with Crippen LogP contribution in [0.5, 0.6) is 0 Å². The second-order valence-electron chi connectivity index (χ2n) is 5.49. The van der Waals surface area contributed by atoms with Gasteiger partial charge in [0.2, 0.25) is 5.85 Å². The molecule has 0 spiro atoms. The van der Waals surface area contributed by atoms with Gasteiger partial charge in [-0.2, -0.15) is 0 Å². The van der Waals surface area contributed by atoms with E-state index in [1.807, 2.05) is 6.07 Å². The molecule has 0 amide bonds. The maximum Gasteiger partial charge on any atom is 0.344 e. The average Bonchev–Trinajstić information content (AvgIpc) is 2.49. The van der Waals surface area contributed by atoms with Gasteiger partial charge in [0.15, 0.2) is 12.3 Å². The van der Waals surface area contributed by atoms with Gasteiger partial charge >= 0.3 is 17.9 Å². The topological polar surface area (TPSA) is 183 Å². The first kappa shape index (κ1) is 20.5. The fourth-order valence-electron chi connectivity index (χ4n) is 1.87. The van der Waals surface area contributed by atoms with Crippen molar-refractivity contribution in [3.8, 4) is 0 Å². The number of nitrogens with two attached hydrogens (primary N) is 4. The molecule has 1 aromatic rings. The van der Waals surface area contributed by atoms with Crippen LogP contribution in [0, 0.1) is 0 Å². The summed E-state index contributed by atoms with van der Waals surface area (Å²) in [5.74, 6) is -4.79. The molecule has 0 saturated carbocycles. The third-order valence-electron chi connectivity index (χ3n) is 2.85. The summed E-state index contributed by atoms with van der Waals surface area (Å²) >= 11 is 0. The number of ether oxygens (including phenoxy) is 3. The Bertz CT molecular complexity index is 618. The van der Waals surface area contributed by atoms with Crippen molar-refractivity contribution in [3.05, 3.63) is 35.9 Å². The Labute approximate surface area is 144 Å². The van der Waals surface area contributed by atoms with Crippen molar-refractivity contribution in [1.82, 2.24) is 0 Å². The van der Waals surface area contributed by atoms with E-state index in [1.165, 1.54) is 0 Å². The third kappa shape index (κ3) is 7.72. The van der Waals surface area contributed by atoms with E-state index >= 15 is 0 Å². The summed E-state index contributed by atoms with van der Waals surface area (Å²) in [5.41, 5.74) is 20.7. The van der Waals surface area contributed by atoms with Gasteiger partial charge in [0.1, 0.15) is 6.61 Å². The maximum absolute atomic E-state index is 11.9. The zero-order valence-electron chi connectivity index (χ0n) is 13.8. The molecule has 1 aromatic carbocycles. The number of esters is 3. The molecule has 0 aromatic heterocycles. The first-order valence-corrected chi connectivity index (χ1v) is 7.24. The van der Waals surface area contributed by atoms with Gasteiger partial charge < -0.3 is 25.7 Å². The summed E-state index contributed by atoms with van der Waals surface area (Å²) in [7, 11) is 0. The Hall–Kier alpha value is -2.53. The Balaban J connectivity index is 2.45. The molecule has 0 radical (unpaired) electrons. The van der Waals surface area contributed by atoms with Crippen LogP contribution in [0.3, 0.4) is 0 Å². The van der Waals surface area contributed by atoms with Crippen molar-refractivity contribution in [2.24, 2.45) is 22.9 Å². The van der Waals surface area contributed by atoms with E-state index in [1.54, 1.807) is 24.3 Å². The van der Waals surface area contributed by atoms with Crippen molar-refractivity contribution in [2.45, 2.75) is 31.5 Å². The summed E-state index contributed by atoms with van der Waals surface area (Å²) in [4.78, 5) is 34.3. The lowest BCUT2D eigenvalue weighted by Gasteiger charge is -2.31. The molecule has 10 nitrogen and oxygen atoms in total. The minimum absolute atomic E-state index is 0.0226. The van der Waals surface area contributed by atoms with Crippen LogP contribution in [0.25, 0.3) is 0 Å². The second kappa shape index (κ2) is 8.53. The molecule has 0 bridgehead atoms. The lowest BCUT2D eigenvalue weighted by atomic mass is 10.1. The van der Waals surface area contributed by atoms with Crippen LogP contribution in [0.15, 0.2) is 30.3 Å². The van der Waals surface area contributed by atoms with E-state index in [4.69, 9.17) is 32.4 Å². The van der Waals surface area contributed by atoms with Crippen LogP contribution in [0.2, 0.25) is 0 Å². The van der Waals surface area contributed by atoms with Crippen molar-refractivity contribution in [1.29, 1.82) is 0 Å². The quantitative estimate of drug-likeness (QED) is 0.241. The maximum atomic E-state index is 11.9. The Morgan fingerprint density at radius 1 is 1.00 bits per heavy atom. The molecule has 138 valence electrons. The Morgan fingerprint density at radius 2 is 1.60 bits per heavy atom. The van der Waals surface area contributed by atoms with Gasteiger partial charge in [0.25, 0.3) is 0 Å². The molecule has 1 rings (SSSR count). The molecule has 25 heavy (non-hydrogen) atoms. The summed E-state index contributed by atoms with van der Waals surface area (Å²) in [6.07, 6.45) is -0.628. The molecule has 0 aliphatic heterocycles. The molecule has 0 unspecified atom stereocenters. The van der Waals surface area contributed by atoms with Crippen molar-refractivity contribution in [2.75, 3.05) is 6.61 Å². The van der Waals surface area contributed by atoms with E-state index in [0.29, 0.717) is 0 Å². The van der Waals surface area contributed by atoms with Gasteiger partial charge in [-0.15, -0.1) is 0 Å². The number of hydrogen-bond donors (Lipinski definition) is 4. The summed E-state index contributed by atoms with van der Waals surface area (Å²) in [6, 6.07) is 8.92. The first-order chi connectivity index (χ1) is 11.5. The highest BCUT2D eigenvalue weighted by molar-refractivity contribution is 5.82. The molecule has 10 heteroatoms. The molecular weight excluding hydrogens is 332 g/mol. The van der Waals surface area contributed by atoms with Gasteiger partial charge in [-0.1, -0.05) is 30.3 Å². The highest BCUT2D eigenvalue weighted by Gasteiger charge is 2.40. The summed E-state index contributed by atoms with van der Waals surface area (Å²) in [6.45, 7) is 0.399. The highest BCUT2D eigenvalue weighted by Crippen LogP contribution is 2.12. The molecule has 0 aliphatic carbocycles. The minimum Gasteiger partial charge on any atom is -0.458 e. The lowest BCUT2D eigenvalue weighted by Crippen LogP contribution is -2.67. The number of carbonyl (C=O) groups excluding carboxylic acids is 3. The fourth-order valence-corrected chi connectivity index (χ4v) is 1.87. The Kier molecular flexibility index (Phi) is 7.00. The molecule has 0 saturated heterocycles. The van der Waals surface area contributed by atoms with Gasteiger partial charge in [0, 0.05) is 6.92 Å². The summed E-state index contributed by atoms with van der Waals surface area (Å²) < 4.78 is 14.2.